The van der Waals surface area contributed by atoms with Gasteiger partial charge in [0.1, 0.15) is 5.65 Å². The Bertz CT molecular complexity index is 833. The van der Waals surface area contributed by atoms with Gasteiger partial charge in [0.25, 0.3) is 5.91 Å². The van der Waals surface area contributed by atoms with Crippen molar-refractivity contribution in [3.05, 3.63) is 35.3 Å². The number of ether oxygens (including phenoxy) is 1. The van der Waals surface area contributed by atoms with Crippen molar-refractivity contribution in [2.75, 3.05) is 33.3 Å². The van der Waals surface area contributed by atoms with Gasteiger partial charge in [0, 0.05) is 39.0 Å². The second-order valence-corrected chi connectivity index (χ2v) is 8.73. The summed E-state index contributed by atoms with van der Waals surface area (Å²) in [4.78, 5) is 22.5. The van der Waals surface area contributed by atoms with Crippen LogP contribution >= 0.6 is 0 Å². The van der Waals surface area contributed by atoms with Crippen LogP contribution in [0.3, 0.4) is 0 Å². The average molecular weight is 399 g/mol. The molecule has 2 aromatic rings. The fourth-order valence-electron chi connectivity index (χ4n) is 4.56. The Morgan fingerprint density at radius 1 is 1.21 bits per heavy atom. The Morgan fingerprint density at radius 3 is 2.72 bits per heavy atom. The Labute approximate surface area is 173 Å². The molecule has 1 atom stereocenters. The lowest BCUT2D eigenvalue weighted by molar-refractivity contribution is -0.00280. The SMILES string of the molecule is Cc1ccn2c(CN(C)C[C@H]3CCCCO3)c(C(=O)N3CCCCCC3)nc2c1. The van der Waals surface area contributed by atoms with Gasteiger partial charge in [-0.15, -0.1) is 0 Å². The number of aromatic nitrogens is 2. The molecule has 29 heavy (non-hydrogen) atoms. The van der Waals surface area contributed by atoms with Crippen molar-refractivity contribution in [1.29, 1.82) is 0 Å². The highest BCUT2D eigenvalue weighted by molar-refractivity contribution is 5.94. The van der Waals surface area contributed by atoms with E-state index in [1.807, 2.05) is 4.90 Å². The number of pyridine rings is 1. The third kappa shape index (κ3) is 4.81. The zero-order chi connectivity index (χ0) is 20.2. The number of likely N-dealkylation sites (tertiary alicyclic amines) is 1. The summed E-state index contributed by atoms with van der Waals surface area (Å²) in [5.74, 6) is 0.0885. The maximum Gasteiger partial charge on any atom is 0.274 e. The van der Waals surface area contributed by atoms with E-state index in [1.165, 1.54) is 25.7 Å². The standard InChI is InChI=1S/C23H34N4O2/c1-18-10-13-27-20(17-25(2)16-19-9-5-8-14-29-19)22(24-21(27)15-18)23(28)26-11-6-3-4-7-12-26/h10,13,15,19H,3-9,11-12,14,16-17H2,1-2H3/t19-/m1/s1. The van der Waals surface area contributed by atoms with E-state index >= 15 is 0 Å². The van der Waals surface area contributed by atoms with E-state index in [-0.39, 0.29) is 5.91 Å². The lowest BCUT2D eigenvalue weighted by Crippen LogP contribution is -2.35. The second kappa shape index (κ2) is 9.26. The molecule has 2 saturated heterocycles. The minimum Gasteiger partial charge on any atom is -0.377 e. The predicted octanol–water partition coefficient (Wildman–Crippen LogP) is 3.66. The summed E-state index contributed by atoms with van der Waals surface area (Å²) in [7, 11) is 2.12. The molecule has 0 N–H and O–H groups in total. The summed E-state index contributed by atoms with van der Waals surface area (Å²) in [5.41, 5.74) is 3.63. The number of imidazole rings is 1. The van der Waals surface area contributed by atoms with Gasteiger partial charge in [0.15, 0.2) is 5.69 Å². The van der Waals surface area contributed by atoms with Crippen molar-refractivity contribution in [2.45, 2.75) is 64.5 Å². The number of fused-ring (bicyclic) bond motifs is 1. The van der Waals surface area contributed by atoms with Crippen molar-refractivity contribution in [3.8, 4) is 0 Å². The van der Waals surface area contributed by atoms with Crippen LogP contribution in [0.2, 0.25) is 0 Å². The smallest absolute Gasteiger partial charge is 0.274 e. The topological polar surface area (TPSA) is 50.1 Å². The van der Waals surface area contributed by atoms with E-state index < -0.39 is 0 Å². The zero-order valence-corrected chi connectivity index (χ0v) is 17.9. The first-order valence-corrected chi connectivity index (χ1v) is 11.2. The molecule has 0 aliphatic carbocycles. The summed E-state index contributed by atoms with van der Waals surface area (Å²) in [6.45, 7) is 6.20. The molecule has 2 aromatic heterocycles. The third-order valence-electron chi connectivity index (χ3n) is 6.19. The molecule has 2 fully saturated rings. The van der Waals surface area contributed by atoms with E-state index in [1.54, 1.807) is 0 Å². The quantitative estimate of drug-likeness (QED) is 0.771. The van der Waals surface area contributed by atoms with Crippen LogP contribution in [0.4, 0.5) is 0 Å². The largest absolute Gasteiger partial charge is 0.377 e. The summed E-state index contributed by atoms with van der Waals surface area (Å²) >= 11 is 0. The summed E-state index contributed by atoms with van der Waals surface area (Å²) in [6, 6.07) is 4.15. The zero-order valence-electron chi connectivity index (χ0n) is 17.9. The monoisotopic (exact) mass is 398 g/mol. The van der Waals surface area contributed by atoms with Gasteiger partial charge in [-0.3, -0.25) is 9.69 Å². The number of carbonyl (C=O) groups excluding carboxylic acids is 1. The fourth-order valence-corrected chi connectivity index (χ4v) is 4.56. The van der Waals surface area contributed by atoms with Crippen molar-refractivity contribution in [1.82, 2.24) is 19.2 Å². The second-order valence-electron chi connectivity index (χ2n) is 8.73. The molecule has 0 aromatic carbocycles. The van der Waals surface area contributed by atoms with Crippen molar-refractivity contribution >= 4 is 11.6 Å². The molecule has 6 nitrogen and oxygen atoms in total. The van der Waals surface area contributed by atoms with Gasteiger partial charge in [0.05, 0.1) is 11.8 Å². The van der Waals surface area contributed by atoms with E-state index in [0.717, 1.165) is 62.4 Å². The number of hydrogen-bond acceptors (Lipinski definition) is 4. The first kappa shape index (κ1) is 20.4. The highest BCUT2D eigenvalue weighted by atomic mass is 16.5. The average Bonchev–Trinajstić information content (AvgIpc) is 2.89. The Kier molecular flexibility index (Phi) is 6.50. The van der Waals surface area contributed by atoms with Crippen molar-refractivity contribution in [3.63, 3.8) is 0 Å². The molecule has 0 unspecified atom stereocenters. The summed E-state index contributed by atoms with van der Waals surface area (Å²) < 4.78 is 8.01. The van der Waals surface area contributed by atoms with Gasteiger partial charge in [-0.2, -0.15) is 0 Å². The molecule has 0 spiro atoms. The highest BCUT2D eigenvalue weighted by Gasteiger charge is 2.26. The highest BCUT2D eigenvalue weighted by Crippen LogP contribution is 2.21. The maximum atomic E-state index is 13.4. The molecular formula is C23H34N4O2. The van der Waals surface area contributed by atoms with Crippen LogP contribution in [0.15, 0.2) is 18.3 Å². The number of nitrogens with zero attached hydrogens (tertiary/aromatic N) is 4. The normalized spacial score (nSPS) is 20.9. The van der Waals surface area contributed by atoms with Crippen LogP contribution in [0.25, 0.3) is 5.65 Å². The molecule has 6 heteroatoms. The maximum absolute atomic E-state index is 13.4. The molecule has 0 bridgehead atoms. The number of amides is 1. The molecule has 0 saturated carbocycles. The van der Waals surface area contributed by atoms with Crippen LogP contribution in [-0.4, -0.2) is 64.5 Å². The fraction of sp³-hybridized carbons (Fsp3) is 0.652. The first-order valence-electron chi connectivity index (χ1n) is 11.2. The van der Waals surface area contributed by atoms with Gasteiger partial charge >= 0.3 is 0 Å². The molecule has 2 aliphatic heterocycles. The van der Waals surface area contributed by atoms with Crippen molar-refractivity contribution in [2.24, 2.45) is 0 Å². The molecule has 1 amide bonds. The molecule has 4 rings (SSSR count). The van der Waals surface area contributed by atoms with Gasteiger partial charge < -0.3 is 14.0 Å². The predicted molar refractivity (Wildman–Crippen MR) is 114 cm³/mol. The van der Waals surface area contributed by atoms with Gasteiger partial charge in [-0.25, -0.2) is 4.98 Å². The summed E-state index contributed by atoms with van der Waals surface area (Å²) in [6.07, 6.45) is 10.5. The molecule has 2 aliphatic rings. The van der Waals surface area contributed by atoms with Crippen LogP contribution < -0.4 is 0 Å². The van der Waals surface area contributed by atoms with E-state index in [9.17, 15) is 4.79 Å². The minimum absolute atomic E-state index is 0.0885. The van der Waals surface area contributed by atoms with Crippen LogP contribution in [0, 0.1) is 6.92 Å². The van der Waals surface area contributed by atoms with Crippen LogP contribution in [-0.2, 0) is 11.3 Å². The summed E-state index contributed by atoms with van der Waals surface area (Å²) in [5, 5.41) is 0. The molecule has 0 radical (unpaired) electrons. The third-order valence-corrected chi connectivity index (χ3v) is 6.19. The number of aryl methyl sites for hydroxylation is 1. The minimum atomic E-state index is 0.0885. The Morgan fingerprint density at radius 2 is 2.00 bits per heavy atom. The van der Waals surface area contributed by atoms with Gasteiger partial charge in [-0.05, 0) is 63.8 Å². The molecule has 4 heterocycles. The van der Waals surface area contributed by atoms with Gasteiger partial charge in [-0.1, -0.05) is 12.8 Å². The number of carbonyl (C=O) groups is 1. The van der Waals surface area contributed by atoms with E-state index in [0.29, 0.717) is 18.3 Å². The first-order chi connectivity index (χ1) is 14.1. The van der Waals surface area contributed by atoms with E-state index in [4.69, 9.17) is 9.72 Å². The number of likely N-dealkylation sites (N-methyl/N-ethyl adjacent to an activating group) is 1. The Balaban J connectivity index is 1.59. The Hall–Kier alpha value is -1.92. The van der Waals surface area contributed by atoms with Gasteiger partial charge in [0.2, 0.25) is 0 Å². The van der Waals surface area contributed by atoms with Crippen molar-refractivity contribution < 1.29 is 9.53 Å². The number of hydrogen-bond donors (Lipinski definition) is 0. The number of rotatable bonds is 5. The lowest BCUT2D eigenvalue weighted by atomic mass is 10.1. The van der Waals surface area contributed by atoms with E-state index in [2.05, 4.69) is 41.6 Å². The van der Waals surface area contributed by atoms with Crippen LogP contribution in [0.5, 0.6) is 0 Å². The molecule has 158 valence electrons. The lowest BCUT2D eigenvalue weighted by Gasteiger charge is -2.27. The van der Waals surface area contributed by atoms with Crippen LogP contribution in [0.1, 0.15) is 66.7 Å². The molecular weight excluding hydrogens is 364 g/mol.